The van der Waals surface area contributed by atoms with Crippen molar-refractivity contribution in [3.8, 4) is 0 Å². The minimum atomic E-state index is -0.597. The van der Waals surface area contributed by atoms with E-state index >= 15 is 0 Å². The van der Waals surface area contributed by atoms with Crippen LogP contribution in [0.5, 0.6) is 0 Å². The van der Waals surface area contributed by atoms with Crippen LogP contribution < -0.4 is 11.1 Å². The summed E-state index contributed by atoms with van der Waals surface area (Å²) in [6.45, 7) is 0. The second kappa shape index (κ2) is 5.05. The van der Waals surface area contributed by atoms with E-state index in [0.29, 0.717) is 10.2 Å². The lowest BCUT2D eigenvalue weighted by molar-refractivity contribution is 0.580. The van der Waals surface area contributed by atoms with Gasteiger partial charge >= 0.3 is 0 Å². The van der Waals surface area contributed by atoms with Crippen LogP contribution in [0.4, 0.5) is 20.2 Å². The zero-order valence-electron chi connectivity index (χ0n) is 10.6. The Kier molecular flexibility index (Phi) is 3.38. The van der Waals surface area contributed by atoms with Crippen molar-refractivity contribution in [1.29, 1.82) is 0 Å². The van der Waals surface area contributed by atoms with E-state index in [4.69, 9.17) is 5.73 Å². The molecule has 2 aromatic carbocycles. The second-order valence-corrected chi connectivity index (χ2v) is 5.85. The van der Waals surface area contributed by atoms with Gasteiger partial charge in [-0.05, 0) is 48.2 Å². The van der Waals surface area contributed by atoms with Crippen molar-refractivity contribution in [3.63, 3.8) is 0 Å². The number of nitrogens with two attached hydrogens (primary N) is 1. The summed E-state index contributed by atoms with van der Waals surface area (Å²) in [5, 5.41) is 2.97. The minimum absolute atomic E-state index is 0.0807. The molecule has 0 heterocycles. The third-order valence-corrected chi connectivity index (χ3v) is 4.03. The highest BCUT2D eigenvalue weighted by molar-refractivity contribution is 9.10. The van der Waals surface area contributed by atoms with E-state index < -0.39 is 11.6 Å². The van der Waals surface area contributed by atoms with E-state index in [9.17, 15) is 8.78 Å². The molecule has 0 amide bonds. The summed E-state index contributed by atoms with van der Waals surface area (Å²) in [4.78, 5) is 0. The maximum atomic E-state index is 13.9. The lowest BCUT2D eigenvalue weighted by Gasteiger charge is -2.17. The first-order chi connectivity index (χ1) is 9.54. The minimum Gasteiger partial charge on any atom is -0.399 e. The van der Waals surface area contributed by atoms with Gasteiger partial charge in [0, 0.05) is 10.2 Å². The predicted molar refractivity (Wildman–Crippen MR) is 79.6 cm³/mol. The smallest absolute Gasteiger partial charge is 0.150 e. The van der Waals surface area contributed by atoms with Crippen molar-refractivity contribution >= 4 is 27.3 Å². The largest absolute Gasteiger partial charge is 0.399 e. The molecule has 0 aliphatic heterocycles. The van der Waals surface area contributed by atoms with Crippen LogP contribution >= 0.6 is 15.9 Å². The molecule has 1 atom stereocenters. The number of rotatable bonds is 2. The molecule has 1 aliphatic rings. The van der Waals surface area contributed by atoms with Gasteiger partial charge in [-0.2, -0.15) is 0 Å². The highest BCUT2D eigenvalue weighted by Gasteiger charge is 2.24. The highest BCUT2D eigenvalue weighted by atomic mass is 79.9. The van der Waals surface area contributed by atoms with E-state index in [1.165, 1.54) is 12.1 Å². The van der Waals surface area contributed by atoms with Gasteiger partial charge in [0.15, 0.2) is 0 Å². The van der Waals surface area contributed by atoms with E-state index in [1.807, 2.05) is 18.2 Å². The summed E-state index contributed by atoms with van der Waals surface area (Å²) in [5.41, 5.74) is 8.58. The number of nitrogen functional groups attached to an aromatic ring is 1. The average Bonchev–Trinajstić information content (AvgIpc) is 2.76. The van der Waals surface area contributed by atoms with Crippen LogP contribution in [-0.2, 0) is 6.42 Å². The van der Waals surface area contributed by atoms with Crippen molar-refractivity contribution in [2.75, 3.05) is 11.1 Å². The second-order valence-electron chi connectivity index (χ2n) is 4.94. The van der Waals surface area contributed by atoms with Crippen LogP contribution in [0.3, 0.4) is 0 Å². The number of anilines is 2. The monoisotopic (exact) mass is 338 g/mol. The number of nitrogens with one attached hydrogen (secondary N) is 1. The molecule has 3 N–H and O–H groups in total. The SMILES string of the molecule is Nc1ccc2c(c1)CCC2Nc1c(F)cc(Br)cc1F. The van der Waals surface area contributed by atoms with Crippen molar-refractivity contribution in [2.24, 2.45) is 0 Å². The van der Waals surface area contributed by atoms with E-state index in [2.05, 4.69) is 21.2 Å². The third kappa shape index (κ3) is 2.38. The molecule has 0 radical (unpaired) electrons. The fourth-order valence-corrected chi connectivity index (χ4v) is 3.04. The molecular weight excluding hydrogens is 326 g/mol. The highest BCUT2D eigenvalue weighted by Crippen LogP contribution is 2.36. The fourth-order valence-electron chi connectivity index (χ4n) is 2.64. The first-order valence-corrected chi connectivity index (χ1v) is 7.13. The van der Waals surface area contributed by atoms with Crippen molar-refractivity contribution < 1.29 is 8.78 Å². The third-order valence-electron chi connectivity index (χ3n) is 3.57. The van der Waals surface area contributed by atoms with Crippen LogP contribution in [0.25, 0.3) is 0 Å². The maximum absolute atomic E-state index is 13.9. The zero-order valence-corrected chi connectivity index (χ0v) is 12.2. The van der Waals surface area contributed by atoms with Crippen molar-refractivity contribution in [1.82, 2.24) is 0 Å². The summed E-state index contributed by atoms with van der Waals surface area (Å²) in [7, 11) is 0. The molecule has 2 aromatic rings. The number of benzene rings is 2. The molecule has 1 unspecified atom stereocenters. The van der Waals surface area contributed by atoms with Gasteiger partial charge in [0.1, 0.15) is 17.3 Å². The molecule has 0 saturated carbocycles. The first kappa shape index (κ1) is 13.4. The molecule has 2 nitrogen and oxygen atoms in total. The number of aryl methyl sites for hydroxylation is 1. The van der Waals surface area contributed by atoms with Gasteiger partial charge in [0.2, 0.25) is 0 Å². The summed E-state index contributed by atoms with van der Waals surface area (Å²) in [6, 6.07) is 8.08. The van der Waals surface area contributed by atoms with Crippen LogP contribution in [0, 0.1) is 11.6 Å². The molecule has 0 fully saturated rings. The fraction of sp³-hybridized carbons (Fsp3) is 0.200. The van der Waals surface area contributed by atoms with Crippen LogP contribution in [0.2, 0.25) is 0 Å². The van der Waals surface area contributed by atoms with E-state index in [0.717, 1.165) is 24.0 Å². The van der Waals surface area contributed by atoms with Crippen LogP contribution in [0.15, 0.2) is 34.8 Å². The number of halogens is 3. The maximum Gasteiger partial charge on any atom is 0.150 e. The van der Waals surface area contributed by atoms with Gasteiger partial charge in [-0.15, -0.1) is 0 Å². The Labute approximate surface area is 124 Å². The number of fused-ring (bicyclic) bond motifs is 1. The average molecular weight is 339 g/mol. The Hall–Kier alpha value is -1.62. The molecule has 0 bridgehead atoms. The quantitative estimate of drug-likeness (QED) is 0.796. The van der Waals surface area contributed by atoms with Gasteiger partial charge in [-0.1, -0.05) is 22.0 Å². The molecule has 20 heavy (non-hydrogen) atoms. The lowest BCUT2D eigenvalue weighted by Crippen LogP contribution is -2.10. The molecule has 0 saturated heterocycles. The zero-order chi connectivity index (χ0) is 14.3. The number of hydrogen-bond acceptors (Lipinski definition) is 2. The molecule has 1 aliphatic carbocycles. The standard InChI is InChI=1S/C15H13BrF2N2/c16-9-6-12(17)15(13(18)7-9)20-14-4-1-8-5-10(19)2-3-11(8)14/h2-3,5-7,14,20H,1,4,19H2. The van der Waals surface area contributed by atoms with Gasteiger partial charge in [-0.25, -0.2) is 8.78 Å². The van der Waals surface area contributed by atoms with Crippen LogP contribution in [0.1, 0.15) is 23.6 Å². The predicted octanol–water partition coefficient (Wildman–Crippen LogP) is 4.41. The lowest BCUT2D eigenvalue weighted by atomic mass is 10.1. The summed E-state index contributed by atoms with van der Waals surface area (Å²) < 4.78 is 28.1. The van der Waals surface area contributed by atoms with Crippen LogP contribution in [-0.4, -0.2) is 0 Å². The molecular formula is C15H13BrF2N2. The molecule has 0 spiro atoms. The molecule has 3 rings (SSSR count). The normalized spacial score (nSPS) is 17.1. The summed E-state index contributed by atoms with van der Waals surface area (Å²) in [5.74, 6) is -1.19. The Balaban J connectivity index is 1.91. The van der Waals surface area contributed by atoms with E-state index in [-0.39, 0.29) is 11.7 Å². The number of hydrogen-bond donors (Lipinski definition) is 2. The van der Waals surface area contributed by atoms with E-state index in [1.54, 1.807) is 0 Å². The van der Waals surface area contributed by atoms with Crippen molar-refractivity contribution in [2.45, 2.75) is 18.9 Å². The van der Waals surface area contributed by atoms with Crippen molar-refractivity contribution in [3.05, 3.63) is 57.6 Å². The molecule has 104 valence electrons. The van der Waals surface area contributed by atoms with Gasteiger partial charge in [0.25, 0.3) is 0 Å². The first-order valence-electron chi connectivity index (χ1n) is 6.34. The topological polar surface area (TPSA) is 38.0 Å². The summed E-state index contributed by atoms with van der Waals surface area (Å²) in [6.07, 6.45) is 1.66. The molecule has 0 aromatic heterocycles. The Morgan fingerprint density at radius 1 is 1.15 bits per heavy atom. The Bertz CT molecular complexity index is 650. The van der Waals surface area contributed by atoms with Gasteiger partial charge in [0.05, 0.1) is 6.04 Å². The Morgan fingerprint density at radius 2 is 1.85 bits per heavy atom. The summed E-state index contributed by atoms with van der Waals surface area (Å²) >= 11 is 3.07. The van der Waals surface area contributed by atoms with Gasteiger partial charge in [-0.3, -0.25) is 0 Å². The molecule has 5 heteroatoms. The van der Waals surface area contributed by atoms with Gasteiger partial charge < -0.3 is 11.1 Å². The Morgan fingerprint density at radius 3 is 2.55 bits per heavy atom.